The van der Waals surface area contributed by atoms with Crippen molar-refractivity contribution in [3.8, 4) is 0 Å². The summed E-state index contributed by atoms with van der Waals surface area (Å²) in [5, 5.41) is 83.4. The summed E-state index contributed by atoms with van der Waals surface area (Å²) >= 11 is 0. The van der Waals surface area contributed by atoms with Crippen molar-refractivity contribution in [2.75, 3.05) is 18.3 Å². The minimum absolute atomic E-state index is 0.128. The molecule has 0 aromatic carbocycles. The molecule has 4 heterocycles. The summed E-state index contributed by atoms with van der Waals surface area (Å²) in [5.74, 6) is -2.37. The number of fused-ring (bicyclic) bond motifs is 1. The van der Waals surface area contributed by atoms with Crippen molar-refractivity contribution < 1.29 is 83.1 Å². The molecule has 12 N–H and O–H groups in total. The first kappa shape index (κ1) is 37.5. The van der Waals surface area contributed by atoms with Crippen LogP contribution < -0.4 is 10.2 Å². The Bertz CT molecular complexity index is 1500. The third-order valence-electron chi connectivity index (χ3n) is 7.23. The van der Waals surface area contributed by atoms with Gasteiger partial charge in [0.25, 0.3) is 5.91 Å². The van der Waals surface area contributed by atoms with Crippen molar-refractivity contribution >= 4 is 38.4 Å². The normalized spacial score (nSPS) is 32.5. The number of carbonyl (C=O) groups is 1. The van der Waals surface area contributed by atoms with Crippen molar-refractivity contribution in [2.45, 2.75) is 81.3 Å². The van der Waals surface area contributed by atoms with E-state index in [4.69, 9.17) is 23.6 Å². The number of amides is 1. The number of rotatable bonds is 14. The van der Waals surface area contributed by atoms with Crippen LogP contribution >= 0.6 is 15.5 Å². The number of nitrogens with zero attached hydrogens (tertiary/aromatic N) is 4. The molecule has 2 aromatic rings. The first-order chi connectivity index (χ1) is 21.9. The number of hydrogen-bond donors (Lipinski definition) is 12. The van der Waals surface area contributed by atoms with E-state index in [2.05, 4.69) is 20.0 Å². The molecule has 13 unspecified atom stereocenters. The highest BCUT2D eigenvalue weighted by Crippen LogP contribution is 2.46. The maximum absolute atomic E-state index is 12.8. The number of nitrogens with one attached hydrogen (secondary N) is 2. The van der Waals surface area contributed by atoms with Gasteiger partial charge in [0.05, 0.1) is 25.6 Å². The SMILES string of the molecule is CC(C)C(O)C(O)C(=O)NP(=O)(O)OCC1OC(n2cnc3c(NP(=O)(O)OC4OC(C(O)CO)C(O)C4O)ncnc32)C(O)C1O. The Balaban J connectivity index is 1.43. The largest absolute Gasteiger partial charge is 0.433 e. The lowest BCUT2D eigenvalue weighted by atomic mass is 10.0. The summed E-state index contributed by atoms with van der Waals surface area (Å²) in [6, 6.07) is 0. The van der Waals surface area contributed by atoms with E-state index in [1.807, 2.05) is 0 Å². The summed E-state index contributed by atoms with van der Waals surface area (Å²) in [5.41, 5.74) is -0.321. The molecule has 0 saturated carbocycles. The predicted octanol–water partition coefficient (Wildman–Crippen LogP) is -4.61. The monoisotopic (exact) mass is 718 g/mol. The van der Waals surface area contributed by atoms with Gasteiger partial charge < -0.3 is 60.1 Å². The van der Waals surface area contributed by atoms with Crippen LogP contribution in [0.15, 0.2) is 12.7 Å². The number of imidazole rings is 1. The lowest BCUT2D eigenvalue weighted by molar-refractivity contribution is -0.139. The van der Waals surface area contributed by atoms with Crippen LogP contribution in [0.2, 0.25) is 0 Å². The van der Waals surface area contributed by atoms with E-state index in [1.165, 1.54) is 13.8 Å². The fourth-order valence-corrected chi connectivity index (χ4v) is 6.39. The lowest BCUT2D eigenvalue weighted by Gasteiger charge is -2.22. The number of anilines is 1. The molecule has 0 spiro atoms. The molecule has 0 aliphatic carbocycles. The molecule has 2 aromatic heterocycles. The van der Waals surface area contributed by atoms with Crippen molar-refractivity contribution in [2.24, 2.45) is 5.92 Å². The average molecular weight is 719 g/mol. The van der Waals surface area contributed by atoms with Crippen molar-refractivity contribution in [3.05, 3.63) is 12.7 Å². The zero-order valence-corrected chi connectivity index (χ0v) is 26.3. The maximum atomic E-state index is 12.8. The number of aliphatic hydroxyl groups excluding tert-OH is 8. The standard InChI is InChI=1S/C22H36N6O17P2/c1-7(2)11(31)14(34)20(37)27-46(38,39)42-4-9-12(32)15(35)21(43-9)28-6-25-10-18(23-5-24-19(10)28)26-47(40,41)45-22-16(36)13(33)17(44-22)8(30)3-29/h5-9,11-17,21-22,29-36H,3-4H2,1-2H3,(H2,27,37,38,39)(H2,23,24,26,40,41). The van der Waals surface area contributed by atoms with E-state index < -0.39 is 114 Å². The van der Waals surface area contributed by atoms with Crippen molar-refractivity contribution in [1.29, 1.82) is 0 Å². The second kappa shape index (κ2) is 14.7. The average Bonchev–Trinajstić information content (AvgIpc) is 3.64. The van der Waals surface area contributed by atoms with Gasteiger partial charge in [0, 0.05) is 0 Å². The topological polar surface area (TPSA) is 358 Å². The molecule has 2 fully saturated rings. The van der Waals surface area contributed by atoms with Gasteiger partial charge in [0.2, 0.25) is 0 Å². The molecule has 0 radical (unpaired) electrons. The first-order valence-corrected chi connectivity index (χ1v) is 17.0. The smallest absolute Gasteiger partial charge is 0.394 e. The van der Waals surface area contributed by atoms with Crippen LogP contribution in [0.1, 0.15) is 20.1 Å². The Morgan fingerprint density at radius 2 is 1.68 bits per heavy atom. The maximum Gasteiger partial charge on any atom is 0.433 e. The summed E-state index contributed by atoms with van der Waals surface area (Å²) in [6.45, 7) is 1.29. The van der Waals surface area contributed by atoms with Gasteiger partial charge >= 0.3 is 15.5 Å². The predicted molar refractivity (Wildman–Crippen MR) is 150 cm³/mol. The van der Waals surface area contributed by atoms with Gasteiger partial charge in [-0.25, -0.2) is 24.1 Å². The van der Waals surface area contributed by atoms with Crippen LogP contribution in [0, 0.1) is 5.92 Å². The number of carbonyl (C=O) groups excluding carboxylic acids is 1. The van der Waals surface area contributed by atoms with E-state index in [1.54, 1.807) is 5.09 Å². The number of aliphatic hydroxyl groups is 8. The minimum atomic E-state index is -4.97. The van der Waals surface area contributed by atoms with E-state index in [9.17, 15) is 59.5 Å². The molecule has 4 rings (SSSR count). The molecule has 13 atom stereocenters. The Kier molecular flexibility index (Phi) is 11.7. The molecule has 2 aliphatic heterocycles. The summed E-state index contributed by atoms with van der Waals surface area (Å²) in [6.07, 6.45) is -16.8. The van der Waals surface area contributed by atoms with Gasteiger partial charge in [-0.05, 0) is 5.92 Å². The zero-order chi connectivity index (χ0) is 35.0. The summed E-state index contributed by atoms with van der Waals surface area (Å²) in [7, 11) is -9.93. The van der Waals surface area contributed by atoms with E-state index in [0.29, 0.717) is 0 Å². The third kappa shape index (κ3) is 8.31. The molecule has 1 amide bonds. The lowest BCUT2D eigenvalue weighted by Crippen LogP contribution is -2.43. The van der Waals surface area contributed by atoms with Gasteiger partial charge in [-0.3, -0.25) is 28.6 Å². The molecular weight excluding hydrogens is 682 g/mol. The molecule has 2 aliphatic rings. The highest BCUT2D eigenvalue weighted by molar-refractivity contribution is 7.54. The first-order valence-electron chi connectivity index (χ1n) is 13.8. The number of aromatic nitrogens is 4. The molecule has 2 saturated heterocycles. The van der Waals surface area contributed by atoms with Crippen LogP contribution in [-0.4, -0.2) is 151 Å². The second-order valence-corrected chi connectivity index (χ2v) is 14.0. The van der Waals surface area contributed by atoms with Crippen LogP contribution in [-0.2, 0) is 32.4 Å². The Labute approximate surface area is 264 Å². The van der Waals surface area contributed by atoms with Crippen LogP contribution in [0.4, 0.5) is 5.82 Å². The number of hydrogen-bond acceptors (Lipinski definition) is 18. The summed E-state index contributed by atoms with van der Waals surface area (Å²) in [4.78, 5) is 44.3. The molecule has 47 heavy (non-hydrogen) atoms. The van der Waals surface area contributed by atoms with Gasteiger partial charge in [-0.1, -0.05) is 13.8 Å². The molecule has 23 nitrogen and oxygen atoms in total. The second-order valence-electron chi connectivity index (χ2n) is 11.0. The summed E-state index contributed by atoms with van der Waals surface area (Å²) < 4.78 is 46.7. The quantitative estimate of drug-likeness (QED) is 0.0817. The van der Waals surface area contributed by atoms with Gasteiger partial charge in [0.15, 0.2) is 35.6 Å². The third-order valence-corrected chi connectivity index (χ3v) is 9.22. The molecular formula is C22H36N6O17P2. The molecule has 266 valence electrons. The Hall–Kier alpha value is -2.28. The number of ether oxygens (including phenoxy) is 2. The fourth-order valence-electron chi connectivity index (χ4n) is 4.63. The van der Waals surface area contributed by atoms with E-state index >= 15 is 0 Å². The Morgan fingerprint density at radius 1 is 1.00 bits per heavy atom. The van der Waals surface area contributed by atoms with Crippen molar-refractivity contribution in [1.82, 2.24) is 24.6 Å². The highest BCUT2D eigenvalue weighted by Gasteiger charge is 2.49. The van der Waals surface area contributed by atoms with Crippen molar-refractivity contribution in [3.63, 3.8) is 0 Å². The van der Waals surface area contributed by atoms with Gasteiger partial charge in [0.1, 0.15) is 49.1 Å². The molecule has 0 bridgehead atoms. The van der Waals surface area contributed by atoms with E-state index in [-0.39, 0.29) is 11.2 Å². The zero-order valence-electron chi connectivity index (χ0n) is 24.5. The molecule has 25 heteroatoms. The van der Waals surface area contributed by atoms with E-state index in [0.717, 1.165) is 17.2 Å². The van der Waals surface area contributed by atoms with Crippen LogP contribution in [0.25, 0.3) is 11.2 Å². The van der Waals surface area contributed by atoms with Gasteiger partial charge in [-0.15, -0.1) is 0 Å². The van der Waals surface area contributed by atoms with Gasteiger partial charge in [-0.2, -0.15) is 0 Å². The van der Waals surface area contributed by atoms with Crippen LogP contribution in [0.3, 0.4) is 0 Å². The van der Waals surface area contributed by atoms with Crippen LogP contribution in [0.5, 0.6) is 0 Å². The minimum Gasteiger partial charge on any atom is -0.394 e. The Morgan fingerprint density at radius 3 is 2.32 bits per heavy atom. The fraction of sp³-hybridized carbons (Fsp3) is 0.727. The highest BCUT2D eigenvalue weighted by atomic mass is 31.2.